The van der Waals surface area contributed by atoms with E-state index in [2.05, 4.69) is 45.2 Å². The molecule has 0 amide bonds. The predicted octanol–water partition coefficient (Wildman–Crippen LogP) is 5.57. The Morgan fingerprint density at radius 3 is 1.54 bits per heavy atom. The number of hydrogen-bond acceptors (Lipinski definition) is 3. The van der Waals surface area contributed by atoms with Crippen molar-refractivity contribution in [1.82, 2.24) is 29.5 Å². The Kier molecular flexibility index (Phi) is 12.2. The summed E-state index contributed by atoms with van der Waals surface area (Å²) in [5, 5.41) is 10.8. The fourth-order valence-electron chi connectivity index (χ4n) is 4.21. The van der Waals surface area contributed by atoms with Gasteiger partial charge in [0, 0.05) is 49.1 Å². The van der Waals surface area contributed by atoms with Crippen LogP contribution < -0.4 is 14.2 Å². The van der Waals surface area contributed by atoms with Crippen molar-refractivity contribution in [1.29, 1.82) is 0 Å². The largest absolute Gasteiger partial charge is 0.394 e. The van der Waals surface area contributed by atoms with E-state index in [0.29, 0.717) is 17.1 Å². The molecule has 2 aromatic carbocycles. The summed E-state index contributed by atoms with van der Waals surface area (Å²) in [6.07, 6.45) is 0.492. The van der Waals surface area contributed by atoms with Gasteiger partial charge in [0.2, 0.25) is 12.7 Å². The van der Waals surface area contributed by atoms with E-state index in [-0.39, 0.29) is 20.1 Å². The minimum atomic E-state index is -4.35. The molecule has 6 rings (SSSR count). The summed E-state index contributed by atoms with van der Waals surface area (Å²) in [6.45, 7) is 7.44. The number of rotatable bonds is 3. The van der Waals surface area contributed by atoms with Crippen LogP contribution in [0.25, 0.3) is 22.8 Å². The summed E-state index contributed by atoms with van der Waals surface area (Å²) in [5.41, 5.74) is 4.40. The third kappa shape index (κ3) is 9.04. The summed E-state index contributed by atoms with van der Waals surface area (Å²) in [7, 11) is 3.60. The topological polar surface area (TPSA) is 70.4 Å². The molecule has 0 fully saturated rings. The second kappa shape index (κ2) is 15.5. The first-order valence-corrected chi connectivity index (χ1v) is 13.9. The van der Waals surface area contributed by atoms with Crippen LogP contribution in [-0.4, -0.2) is 24.4 Å². The van der Waals surface area contributed by atoms with Gasteiger partial charge in [-0.2, -0.15) is 74.9 Å². The van der Waals surface area contributed by atoms with Gasteiger partial charge >= 0.3 is 12.4 Å². The molecule has 4 heterocycles. The van der Waals surface area contributed by atoms with Crippen LogP contribution in [0.2, 0.25) is 0 Å². The Hall–Kier alpha value is -4.62. The Morgan fingerprint density at radius 1 is 0.729 bits per heavy atom. The molecular weight excluding hydrogens is 815 g/mol. The molecule has 48 heavy (non-hydrogen) atoms. The second-order valence-corrected chi connectivity index (χ2v) is 10.3. The van der Waals surface area contributed by atoms with Gasteiger partial charge in [0.1, 0.15) is 0 Å². The molecule has 4 aromatic heterocycles. The van der Waals surface area contributed by atoms with Gasteiger partial charge in [-0.3, -0.25) is 10.2 Å². The minimum Gasteiger partial charge on any atom is -0.358 e. The van der Waals surface area contributed by atoms with Crippen molar-refractivity contribution in [2.24, 2.45) is 14.1 Å². The molecule has 1 radical (unpaired) electrons. The first kappa shape index (κ1) is 37.8. The third-order valence-corrected chi connectivity index (χ3v) is 7.24. The first-order valence-electron chi connectivity index (χ1n) is 13.9. The average Bonchev–Trinajstić information content (AvgIpc) is 3.74. The van der Waals surface area contributed by atoms with Crippen molar-refractivity contribution in [3.05, 3.63) is 126 Å². The van der Waals surface area contributed by atoms with Crippen LogP contribution in [0.15, 0.2) is 67.0 Å². The van der Waals surface area contributed by atoms with E-state index in [1.807, 2.05) is 45.9 Å². The van der Waals surface area contributed by atoms with Crippen LogP contribution in [0.5, 0.6) is 0 Å². The quantitative estimate of drug-likeness (QED) is 0.133. The minimum absolute atomic E-state index is 0. The molecule has 6 aromatic rings. The summed E-state index contributed by atoms with van der Waals surface area (Å²) in [6, 6.07) is 17.9. The average molecular weight is 844 g/mol. The molecule has 0 bridgehead atoms. The maximum absolute atomic E-state index is 12.6. The number of nitrogens with zero attached hydrogens (tertiary/aromatic N) is 8. The van der Waals surface area contributed by atoms with Crippen LogP contribution in [0.4, 0.5) is 26.3 Å². The molecule has 0 spiro atoms. The van der Waals surface area contributed by atoms with E-state index in [0.717, 1.165) is 52.7 Å². The fraction of sp³-hybridized carbons (Fsp3) is 0.242. The fourth-order valence-corrected chi connectivity index (χ4v) is 4.21. The number of halogens is 6. The van der Waals surface area contributed by atoms with Gasteiger partial charge in [0.25, 0.3) is 0 Å². The van der Waals surface area contributed by atoms with Crippen molar-refractivity contribution in [2.75, 3.05) is 0 Å². The number of aromatic nitrogens is 8. The predicted molar refractivity (Wildman–Crippen MR) is 157 cm³/mol. The zero-order valence-corrected chi connectivity index (χ0v) is 28.9. The van der Waals surface area contributed by atoms with Crippen molar-refractivity contribution >= 4 is 0 Å². The van der Waals surface area contributed by atoms with Crippen molar-refractivity contribution < 1.29 is 55.6 Å². The SMILES string of the molecule is Cc1c(C)[n+](C)[c-]n1-c1[c-]ccc(C(F)(F)F)c1.Cc1c(C)[n+](C)[c-]n1-c1[c-]ccc(C(F)(F)F)c1.[Ir].c1ccc(-c2cnn[n-]2)nc1. The monoisotopic (exact) mass is 844 g/mol. The van der Waals surface area contributed by atoms with E-state index in [4.69, 9.17) is 0 Å². The van der Waals surface area contributed by atoms with Crippen LogP contribution in [0.1, 0.15) is 33.9 Å². The third-order valence-electron chi connectivity index (χ3n) is 7.24. The van der Waals surface area contributed by atoms with Gasteiger partial charge in [-0.05, 0) is 45.5 Å². The molecule has 0 N–H and O–H groups in total. The molecule has 0 aliphatic heterocycles. The molecule has 0 unspecified atom stereocenters. The van der Waals surface area contributed by atoms with Gasteiger partial charge in [-0.1, -0.05) is 34.8 Å². The molecular formula is C33H29F6IrN8-3. The van der Waals surface area contributed by atoms with E-state index in [9.17, 15) is 26.3 Å². The molecule has 255 valence electrons. The number of hydrogen-bond donors (Lipinski definition) is 0. The first-order chi connectivity index (χ1) is 22.1. The molecule has 15 heteroatoms. The Morgan fingerprint density at radius 2 is 1.21 bits per heavy atom. The number of imidazole rings is 2. The maximum atomic E-state index is 12.6. The Balaban J connectivity index is 0.000000199. The van der Waals surface area contributed by atoms with E-state index >= 15 is 0 Å². The maximum Gasteiger partial charge on any atom is 0.394 e. The Labute approximate surface area is 287 Å². The number of benzene rings is 2. The molecule has 0 aliphatic rings. The zero-order chi connectivity index (χ0) is 34.5. The molecule has 0 saturated heterocycles. The van der Waals surface area contributed by atoms with Gasteiger partial charge in [-0.15, -0.1) is 0 Å². The summed E-state index contributed by atoms with van der Waals surface area (Å²) in [5.74, 6) is 0. The van der Waals surface area contributed by atoms with Crippen molar-refractivity contribution in [3.63, 3.8) is 0 Å². The normalized spacial score (nSPS) is 11.2. The molecule has 0 aliphatic carbocycles. The molecule has 8 nitrogen and oxygen atoms in total. The Bertz CT molecular complexity index is 1820. The zero-order valence-electron chi connectivity index (χ0n) is 26.5. The van der Waals surface area contributed by atoms with E-state index in [1.165, 1.54) is 12.1 Å². The van der Waals surface area contributed by atoms with Crippen LogP contribution in [0.3, 0.4) is 0 Å². The smallest absolute Gasteiger partial charge is 0.358 e. The summed E-state index contributed by atoms with van der Waals surface area (Å²) < 4.78 is 82.4. The van der Waals surface area contributed by atoms with Gasteiger partial charge < -0.3 is 28.5 Å². The van der Waals surface area contributed by atoms with Crippen molar-refractivity contribution in [2.45, 2.75) is 40.0 Å². The summed E-state index contributed by atoms with van der Waals surface area (Å²) in [4.78, 5) is 4.08. The number of alkyl halides is 6. The van der Waals surface area contributed by atoms with Crippen LogP contribution >= 0.6 is 0 Å². The van der Waals surface area contributed by atoms with Crippen LogP contribution in [0, 0.1) is 52.5 Å². The van der Waals surface area contributed by atoms with Crippen LogP contribution in [-0.2, 0) is 46.6 Å². The number of aryl methyl sites for hydroxylation is 2. The molecule has 0 atom stereocenters. The molecule has 0 saturated carbocycles. The van der Waals surface area contributed by atoms with Gasteiger partial charge in [-0.25, -0.2) is 0 Å². The van der Waals surface area contributed by atoms with E-state index in [1.54, 1.807) is 44.8 Å². The van der Waals surface area contributed by atoms with Gasteiger partial charge in [0.15, 0.2) is 0 Å². The second-order valence-electron chi connectivity index (χ2n) is 10.3. The summed E-state index contributed by atoms with van der Waals surface area (Å²) >= 11 is 0. The van der Waals surface area contributed by atoms with Gasteiger partial charge in [0.05, 0.1) is 19.8 Å². The standard InChI is InChI=1S/2C13H12F3N2.C7H5N4.Ir/c2*1-9-10(2)18(8-17(9)3)12-6-4-5-11(7-12)13(14,15)16;1-2-4-8-6(3-1)7-5-9-11-10-7;/h2*4-5,7H,1-3H3;1-5H;/q3*-1;. The van der Waals surface area contributed by atoms with Crippen molar-refractivity contribution in [3.8, 4) is 22.8 Å². The number of pyridine rings is 1. The van der Waals surface area contributed by atoms with E-state index < -0.39 is 23.5 Å².